The molecule has 0 heterocycles. The van der Waals surface area contributed by atoms with E-state index in [4.69, 9.17) is 5.26 Å². The largest absolute Gasteiger partial charge is 0.454 e. The zero-order valence-corrected chi connectivity index (χ0v) is 11.6. The second-order valence-corrected chi connectivity index (χ2v) is 6.20. The van der Waals surface area contributed by atoms with Crippen molar-refractivity contribution in [2.45, 2.75) is 17.0 Å². The van der Waals surface area contributed by atoms with Crippen LogP contribution in [-0.4, -0.2) is 38.4 Å². The van der Waals surface area contributed by atoms with Crippen LogP contribution in [0.5, 0.6) is 0 Å². The van der Waals surface area contributed by atoms with Gasteiger partial charge in [0.05, 0.1) is 6.54 Å². The molecule has 0 saturated carbocycles. The first kappa shape index (κ1) is 18.2. The summed E-state index contributed by atoms with van der Waals surface area (Å²) in [6.45, 7) is -2.19. The number of nitriles is 1. The monoisotopic (exact) mass is 346 g/mol. The minimum atomic E-state index is -5.95. The van der Waals surface area contributed by atoms with Gasteiger partial charge in [-0.15, -0.1) is 0 Å². The summed E-state index contributed by atoms with van der Waals surface area (Å²) < 4.78 is 99.2. The summed E-state index contributed by atoms with van der Waals surface area (Å²) >= 11 is 0. The third-order valence-corrected chi connectivity index (χ3v) is 4.46. The van der Waals surface area contributed by atoms with Crippen LogP contribution < -0.4 is 0 Å². The molecule has 122 valence electrons. The molecule has 4 nitrogen and oxygen atoms in total. The van der Waals surface area contributed by atoms with E-state index in [1.165, 1.54) is 6.07 Å². The quantitative estimate of drug-likeness (QED) is 0.787. The lowest BCUT2D eigenvalue weighted by Gasteiger charge is -2.25. The zero-order valence-electron chi connectivity index (χ0n) is 10.8. The van der Waals surface area contributed by atoms with Crippen molar-refractivity contribution in [3.63, 3.8) is 0 Å². The lowest BCUT2D eigenvalue weighted by atomic mass is 10.2. The SMILES string of the molecule is CN(CC(F)(F)C(F)(F)F)S(=O)(=O)c1cccc(F)c1C#N. The zero-order chi connectivity index (χ0) is 17.3. The van der Waals surface area contributed by atoms with Crippen LogP contribution in [0.25, 0.3) is 0 Å². The first-order chi connectivity index (χ1) is 9.84. The third kappa shape index (κ3) is 3.33. The molecule has 0 unspecified atom stereocenters. The summed E-state index contributed by atoms with van der Waals surface area (Å²) in [6.07, 6.45) is -5.95. The molecule has 0 N–H and O–H groups in total. The Kier molecular flexibility index (Phi) is 4.79. The van der Waals surface area contributed by atoms with E-state index in [1.807, 2.05) is 0 Å². The van der Waals surface area contributed by atoms with Gasteiger partial charge in [-0.05, 0) is 12.1 Å². The van der Waals surface area contributed by atoms with Gasteiger partial charge in [0.2, 0.25) is 10.0 Å². The molecule has 1 rings (SSSR count). The van der Waals surface area contributed by atoms with Crippen LogP contribution in [0.4, 0.5) is 26.3 Å². The molecule has 0 saturated heterocycles. The first-order valence-corrected chi connectivity index (χ1v) is 6.88. The van der Waals surface area contributed by atoms with Crippen LogP contribution >= 0.6 is 0 Å². The number of sulfonamides is 1. The molecule has 0 aliphatic rings. The van der Waals surface area contributed by atoms with Crippen molar-refractivity contribution in [1.29, 1.82) is 5.26 Å². The lowest BCUT2D eigenvalue weighted by molar-refractivity contribution is -0.282. The van der Waals surface area contributed by atoms with Gasteiger partial charge in [-0.1, -0.05) is 6.07 Å². The number of halogens is 6. The molecule has 1 aromatic carbocycles. The summed E-state index contributed by atoms with van der Waals surface area (Å²) in [5, 5.41) is 8.71. The van der Waals surface area contributed by atoms with Crippen molar-refractivity contribution in [3.05, 3.63) is 29.6 Å². The molecule has 11 heteroatoms. The van der Waals surface area contributed by atoms with Crippen molar-refractivity contribution in [2.75, 3.05) is 13.6 Å². The van der Waals surface area contributed by atoms with Crippen molar-refractivity contribution in [1.82, 2.24) is 4.31 Å². The van der Waals surface area contributed by atoms with Crippen molar-refractivity contribution >= 4 is 10.0 Å². The molecule has 0 bridgehead atoms. The maximum Gasteiger partial charge on any atom is 0.454 e. The van der Waals surface area contributed by atoms with Crippen LogP contribution in [0.15, 0.2) is 23.1 Å². The highest BCUT2D eigenvalue weighted by atomic mass is 32.2. The van der Waals surface area contributed by atoms with Crippen LogP contribution in [0, 0.1) is 17.1 Å². The van der Waals surface area contributed by atoms with E-state index >= 15 is 0 Å². The summed E-state index contributed by atoms with van der Waals surface area (Å²) in [7, 11) is -4.43. The first-order valence-electron chi connectivity index (χ1n) is 5.44. The molecular weight excluding hydrogens is 338 g/mol. The van der Waals surface area contributed by atoms with Gasteiger partial charge in [0.15, 0.2) is 0 Å². The molecule has 0 spiro atoms. The van der Waals surface area contributed by atoms with Gasteiger partial charge in [0.1, 0.15) is 22.3 Å². The predicted molar refractivity (Wildman–Crippen MR) is 61.9 cm³/mol. The smallest absolute Gasteiger partial charge is 0.207 e. The normalized spacial score (nSPS) is 13.2. The Morgan fingerprint density at radius 1 is 1.23 bits per heavy atom. The maximum absolute atomic E-state index is 13.3. The second-order valence-electron chi connectivity index (χ2n) is 4.19. The Hall–Kier alpha value is -1.80. The van der Waals surface area contributed by atoms with Crippen LogP contribution in [0.3, 0.4) is 0 Å². The highest BCUT2D eigenvalue weighted by Gasteiger charge is 2.58. The number of benzene rings is 1. The molecule has 0 aromatic heterocycles. The Balaban J connectivity index is 3.27. The van der Waals surface area contributed by atoms with E-state index in [2.05, 4.69) is 0 Å². The molecular formula is C11H8F6N2O2S. The fourth-order valence-electron chi connectivity index (χ4n) is 1.45. The van der Waals surface area contributed by atoms with Gasteiger partial charge in [-0.2, -0.15) is 31.5 Å². The average Bonchev–Trinajstić information content (AvgIpc) is 2.36. The number of nitrogens with zero attached hydrogens (tertiary/aromatic N) is 2. The molecule has 0 amide bonds. The topological polar surface area (TPSA) is 61.2 Å². The van der Waals surface area contributed by atoms with Crippen LogP contribution in [0.2, 0.25) is 0 Å². The Morgan fingerprint density at radius 2 is 1.77 bits per heavy atom. The highest BCUT2D eigenvalue weighted by Crippen LogP contribution is 2.36. The van der Waals surface area contributed by atoms with E-state index in [1.54, 1.807) is 0 Å². The number of hydrogen-bond acceptors (Lipinski definition) is 3. The van der Waals surface area contributed by atoms with Crippen LogP contribution in [-0.2, 0) is 10.0 Å². The Morgan fingerprint density at radius 3 is 2.23 bits per heavy atom. The van der Waals surface area contributed by atoms with Crippen molar-refractivity contribution in [2.24, 2.45) is 0 Å². The van der Waals surface area contributed by atoms with E-state index in [-0.39, 0.29) is 4.31 Å². The van der Waals surface area contributed by atoms with E-state index in [0.29, 0.717) is 7.05 Å². The van der Waals surface area contributed by atoms with Crippen LogP contribution in [0.1, 0.15) is 5.56 Å². The molecule has 22 heavy (non-hydrogen) atoms. The molecule has 1 aromatic rings. The number of rotatable bonds is 4. The van der Waals surface area contributed by atoms with Gasteiger partial charge in [-0.25, -0.2) is 12.8 Å². The van der Waals surface area contributed by atoms with E-state index in [9.17, 15) is 34.8 Å². The highest BCUT2D eigenvalue weighted by molar-refractivity contribution is 7.89. The number of hydrogen-bond donors (Lipinski definition) is 0. The Bertz CT molecular complexity index is 708. The number of alkyl halides is 5. The summed E-state index contributed by atoms with van der Waals surface area (Å²) in [5.41, 5.74) is -0.968. The molecule has 0 atom stereocenters. The third-order valence-electron chi connectivity index (χ3n) is 2.61. The molecule has 0 aliphatic heterocycles. The van der Waals surface area contributed by atoms with E-state index in [0.717, 1.165) is 18.2 Å². The van der Waals surface area contributed by atoms with Gasteiger partial charge in [-0.3, -0.25) is 0 Å². The van der Waals surface area contributed by atoms with Crippen molar-refractivity contribution in [3.8, 4) is 6.07 Å². The standard InChI is InChI=1S/C11H8F6N2O2S/c1-19(6-10(13,14)11(15,16)17)22(20,21)9-4-2-3-8(12)7(9)5-18/h2-4H,6H2,1H3. The van der Waals surface area contributed by atoms with Gasteiger partial charge in [0, 0.05) is 7.05 Å². The molecule has 0 fully saturated rings. The fraction of sp³-hybridized carbons (Fsp3) is 0.364. The minimum Gasteiger partial charge on any atom is -0.207 e. The second kappa shape index (κ2) is 5.77. The lowest BCUT2D eigenvalue weighted by Crippen LogP contribution is -2.47. The summed E-state index contributed by atoms with van der Waals surface area (Å²) in [4.78, 5) is -0.990. The Labute approximate surface area is 121 Å². The summed E-state index contributed by atoms with van der Waals surface area (Å²) in [6, 6.07) is 3.60. The fourth-order valence-corrected chi connectivity index (χ4v) is 2.77. The van der Waals surface area contributed by atoms with Gasteiger partial charge >= 0.3 is 12.1 Å². The van der Waals surface area contributed by atoms with Gasteiger partial charge in [0.25, 0.3) is 0 Å². The van der Waals surface area contributed by atoms with Gasteiger partial charge < -0.3 is 0 Å². The van der Waals surface area contributed by atoms with Crippen molar-refractivity contribution < 1.29 is 34.8 Å². The summed E-state index contributed by atoms with van der Waals surface area (Å²) in [5.74, 6) is -6.53. The average molecular weight is 346 g/mol. The minimum absolute atomic E-state index is 0.282. The predicted octanol–water partition coefficient (Wildman–Crippen LogP) is 2.52. The molecule has 0 radical (unpaired) electrons. The maximum atomic E-state index is 13.3. The molecule has 0 aliphatic carbocycles. The van der Waals surface area contributed by atoms with E-state index < -0.39 is 44.9 Å².